The lowest BCUT2D eigenvalue weighted by atomic mass is 10.0. The molecule has 11 nitrogen and oxygen atoms in total. The average molecular weight is 817 g/mol. The number of allylic oxidation sites excluding steroid dienone is 5. The van der Waals surface area contributed by atoms with Gasteiger partial charge in [-0.3, -0.25) is 18.6 Å². The number of carbonyl (C=O) groups is 2. The van der Waals surface area contributed by atoms with Crippen LogP contribution in [-0.2, 0) is 32.7 Å². The van der Waals surface area contributed by atoms with Crippen molar-refractivity contribution in [3.8, 4) is 0 Å². The molecule has 0 aliphatic heterocycles. The third-order valence-electron chi connectivity index (χ3n) is 9.34. The van der Waals surface area contributed by atoms with E-state index in [9.17, 15) is 29.3 Å². The highest BCUT2D eigenvalue weighted by Gasteiger charge is 2.27. The lowest BCUT2D eigenvalue weighted by Gasteiger charge is -2.24. The second-order valence-corrected chi connectivity index (χ2v) is 17.5. The molecule has 0 aromatic heterocycles. The van der Waals surface area contributed by atoms with Crippen molar-refractivity contribution in [3.63, 3.8) is 0 Å². The Kier molecular flexibility index (Phi) is 35.0. The Morgan fingerprint density at radius 2 is 1.14 bits per heavy atom. The van der Waals surface area contributed by atoms with E-state index < -0.39 is 44.7 Å². The zero-order valence-electron chi connectivity index (χ0n) is 36.1. The average Bonchev–Trinajstić information content (AvgIpc) is 3.14. The van der Waals surface area contributed by atoms with Gasteiger partial charge in [-0.25, -0.2) is 4.57 Å². The summed E-state index contributed by atoms with van der Waals surface area (Å²) in [5, 5.41) is 20.5. The number of aliphatic hydroxyl groups is 2. The molecule has 0 saturated heterocycles. The molecule has 0 aromatic carbocycles. The summed E-state index contributed by atoms with van der Waals surface area (Å²) in [4.78, 5) is 35.4. The highest BCUT2D eigenvalue weighted by Crippen LogP contribution is 2.43. The molecule has 1 unspecified atom stereocenters. The molecular weight excluding hydrogens is 733 g/mol. The SMILES string of the molecule is CCCCC/C=C\C/C=C\CCCCCCCC(=O)OC[C@H](COP(=O)(O)OCC[N+](C)(C)C)OC(=O)CCCCCCC[C@H](O)[C@@H](O)C/C=C\CCCCC. The van der Waals surface area contributed by atoms with Crippen LogP contribution in [0, 0.1) is 0 Å². The molecule has 12 heteroatoms. The van der Waals surface area contributed by atoms with Crippen molar-refractivity contribution < 1.29 is 52.3 Å². The molecule has 0 radical (unpaired) electrons. The first kappa shape index (κ1) is 54.2. The quantitative estimate of drug-likeness (QED) is 0.0180. The molecule has 4 atom stereocenters. The van der Waals surface area contributed by atoms with E-state index in [1.165, 1.54) is 38.5 Å². The van der Waals surface area contributed by atoms with E-state index in [0.29, 0.717) is 36.7 Å². The minimum atomic E-state index is -4.42. The first-order valence-electron chi connectivity index (χ1n) is 21.9. The zero-order chi connectivity index (χ0) is 41.8. The lowest BCUT2D eigenvalue weighted by Crippen LogP contribution is -2.37. The minimum Gasteiger partial charge on any atom is -0.462 e. The number of quaternary nitrogens is 1. The lowest BCUT2D eigenvalue weighted by molar-refractivity contribution is -0.870. The third-order valence-corrected chi connectivity index (χ3v) is 10.3. The van der Waals surface area contributed by atoms with Crippen molar-refractivity contribution in [2.75, 3.05) is 47.5 Å². The van der Waals surface area contributed by atoms with E-state index in [2.05, 4.69) is 44.2 Å². The highest BCUT2D eigenvalue weighted by atomic mass is 31.2. The number of hydrogen-bond donors (Lipinski definition) is 3. The maximum atomic E-state index is 12.7. The number of rotatable bonds is 39. The molecule has 0 spiro atoms. The number of phosphoric ester groups is 1. The van der Waals surface area contributed by atoms with E-state index >= 15 is 0 Å². The monoisotopic (exact) mass is 817 g/mol. The van der Waals surface area contributed by atoms with Crippen LogP contribution in [0.4, 0.5) is 0 Å². The molecular formula is C44H83NO10P+. The standard InChI is InChI=1S/C44H82NO10P/c1-6-8-10-12-14-15-16-17-18-19-20-21-22-26-30-34-43(48)52-38-40(39-54-56(50,51)53-37-36-45(3,4)5)55-44(49)35-31-27-23-25-29-33-42(47)41(46)32-28-24-13-11-9-7-2/h14-15,17-18,24,28,40-42,46-47H,6-13,16,19-23,25-27,29-39H2,1-5H3/p+1/b15-14-,18-17-,28-24-/t40-,41+,42+/m1/s1. The number of ether oxygens (including phenoxy) is 2. The number of hydrogen-bond acceptors (Lipinski definition) is 9. The highest BCUT2D eigenvalue weighted by molar-refractivity contribution is 7.47. The minimum absolute atomic E-state index is 0.000347. The van der Waals surface area contributed by atoms with Gasteiger partial charge in [-0.1, -0.05) is 121 Å². The van der Waals surface area contributed by atoms with Gasteiger partial charge < -0.3 is 29.1 Å². The fraction of sp³-hybridized carbons (Fsp3) is 0.818. The predicted molar refractivity (Wildman–Crippen MR) is 227 cm³/mol. The molecule has 0 aromatic rings. The number of unbranched alkanes of at least 4 members (excludes halogenated alkanes) is 15. The molecule has 56 heavy (non-hydrogen) atoms. The van der Waals surface area contributed by atoms with Gasteiger partial charge in [0, 0.05) is 12.8 Å². The van der Waals surface area contributed by atoms with Gasteiger partial charge in [-0.15, -0.1) is 0 Å². The van der Waals surface area contributed by atoms with Crippen LogP contribution in [0.5, 0.6) is 0 Å². The van der Waals surface area contributed by atoms with Gasteiger partial charge in [0.25, 0.3) is 0 Å². The summed E-state index contributed by atoms with van der Waals surface area (Å²) in [6.07, 6.45) is 32.1. The third kappa shape index (κ3) is 37.7. The Labute approximate surface area is 341 Å². The van der Waals surface area contributed by atoms with Crippen LogP contribution in [0.3, 0.4) is 0 Å². The second kappa shape index (κ2) is 36.2. The largest absolute Gasteiger partial charge is 0.472 e. The molecule has 0 fully saturated rings. The smallest absolute Gasteiger partial charge is 0.462 e. The Bertz CT molecular complexity index is 1090. The van der Waals surface area contributed by atoms with Crippen molar-refractivity contribution in [2.24, 2.45) is 0 Å². The Hall–Kier alpha value is -1.85. The van der Waals surface area contributed by atoms with Crippen LogP contribution >= 0.6 is 7.82 Å². The molecule has 0 amide bonds. The van der Waals surface area contributed by atoms with E-state index in [0.717, 1.165) is 77.0 Å². The fourth-order valence-electron chi connectivity index (χ4n) is 5.71. The van der Waals surface area contributed by atoms with Crippen molar-refractivity contribution in [2.45, 2.75) is 186 Å². The second-order valence-electron chi connectivity index (χ2n) is 16.0. The molecule has 0 saturated carbocycles. The normalized spacial score (nSPS) is 15.1. The van der Waals surface area contributed by atoms with Crippen molar-refractivity contribution in [1.82, 2.24) is 0 Å². The van der Waals surface area contributed by atoms with Crippen LogP contribution in [0.25, 0.3) is 0 Å². The van der Waals surface area contributed by atoms with E-state index in [1.807, 2.05) is 27.2 Å². The van der Waals surface area contributed by atoms with Gasteiger partial charge in [0.05, 0.1) is 40.0 Å². The maximum Gasteiger partial charge on any atom is 0.472 e. The Balaban J connectivity index is 4.52. The Morgan fingerprint density at radius 3 is 1.73 bits per heavy atom. The van der Waals surface area contributed by atoms with E-state index in [4.69, 9.17) is 18.5 Å². The van der Waals surface area contributed by atoms with Gasteiger partial charge in [-0.2, -0.15) is 0 Å². The summed E-state index contributed by atoms with van der Waals surface area (Å²) in [6, 6.07) is 0. The summed E-state index contributed by atoms with van der Waals surface area (Å²) >= 11 is 0. The maximum absolute atomic E-state index is 12.7. The molecule has 0 heterocycles. The molecule has 0 aliphatic carbocycles. The first-order valence-corrected chi connectivity index (χ1v) is 23.4. The number of phosphoric acid groups is 1. The van der Waals surface area contributed by atoms with Crippen LogP contribution < -0.4 is 0 Å². The van der Waals surface area contributed by atoms with E-state index in [1.54, 1.807) is 0 Å². The number of carbonyl (C=O) groups excluding carboxylic acids is 2. The summed E-state index contributed by atoms with van der Waals surface area (Å²) in [7, 11) is 1.37. The summed E-state index contributed by atoms with van der Waals surface area (Å²) < 4.78 is 34.2. The number of aliphatic hydroxyl groups excluding tert-OH is 2. The molecule has 0 aliphatic rings. The zero-order valence-corrected chi connectivity index (χ0v) is 37.0. The molecule has 0 rings (SSSR count). The van der Waals surface area contributed by atoms with Crippen molar-refractivity contribution in [1.29, 1.82) is 0 Å². The van der Waals surface area contributed by atoms with Crippen molar-refractivity contribution in [3.05, 3.63) is 36.5 Å². The van der Waals surface area contributed by atoms with Gasteiger partial charge in [0.15, 0.2) is 6.10 Å². The predicted octanol–water partition coefficient (Wildman–Crippen LogP) is 10.1. The van der Waals surface area contributed by atoms with Crippen LogP contribution in [0.15, 0.2) is 36.5 Å². The first-order chi connectivity index (χ1) is 26.8. The molecule has 0 bridgehead atoms. The van der Waals surface area contributed by atoms with Crippen LogP contribution in [0.2, 0.25) is 0 Å². The van der Waals surface area contributed by atoms with E-state index in [-0.39, 0.29) is 26.1 Å². The fourth-order valence-corrected chi connectivity index (χ4v) is 6.45. The number of esters is 2. The summed E-state index contributed by atoms with van der Waals surface area (Å²) in [5.74, 6) is -0.928. The van der Waals surface area contributed by atoms with Gasteiger partial charge in [0.2, 0.25) is 0 Å². The summed E-state index contributed by atoms with van der Waals surface area (Å²) in [5.41, 5.74) is 0. The van der Waals surface area contributed by atoms with Crippen LogP contribution in [-0.4, -0.2) is 97.3 Å². The number of nitrogens with zero attached hydrogens (tertiary/aromatic N) is 1. The Morgan fingerprint density at radius 1 is 0.625 bits per heavy atom. The topological polar surface area (TPSA) is 149 Å². The molecule has 328 valence electrons. The van der Waals surface area contributed by atoms with Crippen LogP contribution in [0.1, 0.15) is 168 Å². The summed E-state index contributed by atoms with van der Waals surface area (Å²) in [6.45, 7) is 4.13. The van der Waals surface area contributed by atoms with Crippen molar-refractivity contribution >= 4 is 19.8 Å². The molecule has 3 N–H and O–H groups in total. The van der Waals surface area contributed by atoms with Gasteiger partial charge in [0.1, 0.15) is 19.8 Å². The van der Waals surface area contributed by atoms with Gasteiger partial charge in [-0.05, 0) is 70.6 Å². The number of likely N-dealkylation sites (N-methyl/N-ethyl adjacent to an activating group) is 1. The van der Waals surface area contributed by atoms with Gasteiger partial charge >= 0.3 is 19.8 Å².